The lowest BCUT2D eigenvalue weighted by Crippen LogP contribution is -2.25. The highest BCUT2D eigenvalue weighted by Gasteiger charge is 2.24. The molecule has 1 atom stereocenters. The zero-order valence-electron chi connectivity index (χ0n) is 20.5. The van der Waals surface area contributed by atoms with E-state index in [-0.39, 0.29) is 22.9 Å². The fraction of sp³-hybridized carbons (Fsp3) is 0.111. The number of carbonyl (C=O) groups is 1. The Bertz CT molecular complexity index is 1840. The summed E-state index contributed by atoms with van der Waals surface area (Å²) in [6.07, 6.45) is 0.0685. The summed E-state index contributed by atoms with van der Waals surface area (Å²) in [5, 5.41) is 17.5. The number of fused-ring (bicyclic) bond motifs is 2. The summed E-state index contributed by atoms with van der Waals surface area (Å²) in [5.41, 5.74) is 0.198. The monoisotopic (exact) mass is 546 g/mol. The van der Waals surface area contributed by atoms with Gasteiger partial charge < -0.3 is 13.9 Å². The van der Waals surface area contributed by atoms with Crippen molar-refractivity contribution in [2.75, 3.05) is 7.11 Å². The molecule has 0 aliphatic carbocycles. The second-order valence-electron chi connectivity index (χ2n) is 8.34. The molecule has 11 nitrogen and oxygen atoms in total. The topological polar surface area (TPSA) is 139 Å². The summed E-state index contributed by atoms with van der Waals surface area (Å²) in [6.45, 7) is 1.40. The fourth-order valence-electron chi connectivity index (χ4n) is 3.94. The van der Waals surface area contributed by atoms with Crippen LogP contribution in [0.1, 0.15) is 12.5 Å². The third kappa shape index (κ3) is 4.94. The number of nitrogens with zero attached hydrogens (tertiary/aromatic N) is 4. The largest absolute Gasteiger partial charge is 0.471 e. The average Bonchev–Trinajstić information content (AvgIpc) is 3.35. The molecule has 5 aromatic rings. The van der Waals surface area contributed by atoms with E-state index in [0.29, 0.717) is 26.9 Å². The maximum atomic E-state index is 13.5. The number of nitro benzene ring substituents is 1. The summed E-state index contributed by atoms with van der Waals surface area (Å²) >= 11 is 6.12. The number of halogens is 1. The minimum atomic E-state index is -1.15. The molecule has 3 aromatic carbocycles. The van der Waals surface area contributed by atoms with Crippen LogP contribution in [-0.4, -0.2) is 40.0 Å². The van der Waals surface area contributed by atoms with Gasteiger partial charge in [0, 0.05) is 22.0 Å². The summed E-state index contributed by atoms with van der Waals surface area (Å²) < 4.78 is 17.3. The highest BCUT2D eigenvalue weighted by atomic mass is 35.5. The SMILES string of the molecule is COC(=O)[C@H](C)Oc1c(C=Nn2c(-c3cc4cc(Cl)ccc4o3)nc3ccccc3c2=O)cccc1[N+](=O)[O-]. The Morgan fingerprint density at radius 3 is 2.74 bits per heavy atom. The molecule has 2 aromatic heterocycles. The average molecular weight is 547 g/mol. The number of nitro groups is 1. The Balaban J connectivity index is 1.69. The van der Waals surface area contributed by atoms with Crippen molar-refractivity contribution in [1.29, 1.82) is 0 Å². The number of aromatic nitrogens is 2. The van der Waals surface area contributed by atoms with Crippen LogP contribution in [0.3, 0.4) is 0 Å². The number of hydrogen-bond acceptors (Lipinski definition) is 9. The lowest BCUT2D eigenvalue weighted by Gasteiger charge is -2.14. The van der Waals surface area contributed by atoms with Gasteiger partial charge in [-0.2, -0.15) is 9.78 Å². The number of carbonyl (C=O) groups excluding carboxylic acids is 1. The van der Waals surface area contributed by atoms with Gasteiger partial charge in [-0.1, -0.05) is 29.8 Å². The van der Waals surface area contributed by atoms with Crippen LogP contribution < -0.4 is 10.3 Å². The van der Waals surface area contributed by atoms with Gasteiger partial charge in [-0.25, -0.2) is 9.78 Å². The van der Waals surface area contributed by atoms with E-state index in [2.05, 4.69) is 14.8 Å². The molecule has 0 spiro atoms. The van der Waals surface area contributed by atoms with E-state index in [9.17, 15) is 19.7 Å². The van der Waals surface area contributed by atoms with E-state index in [1.165, 1.54) is 38.4 Å². The normalized spacial score (nSPS) is 12.2. The molecule has 0 N–H and O–H groups in total. The number of methoxy groups -OCH3 is 1. The molecule has 39 heavy (non-hydrogen) atoms. The van der Waals surface area contributed by atoms with Crippen molar-refractivity contribution in [3.05, 3.63) is 97.8 Å². The predicted molar refractivity (Wildman–Crippen MR) is 144 cm³/mol. The van der Waals surface area contributed by atoms with Gasteiger partial charge in [0.2, 0.25) is 11.6 Å². The summed E-state index contributed by atoms with van der Waals surface area (Å²) in [5.74, 6) is -0.593. The highest BCUT2D eigenvalue weighted by molar-refractivity contribution is 6.31. The van der Waals surface area contributed by atoms with Crippen molar-refractivity contribution in [2.24, 2.45) is 5.10 Å². The van der Waals surface area contributed by atoms with Crippen LogP contribution in [0.4, 0.5) is 5.69 Å². The van der Waals surface area contributed by atoms with E-state index in [0.717, 1.165) is 4.68 Å². The first-order chi connectivity index (χ1) is 18.8. The van der Waals surface area contributed by atoms with Crippen molar-refractivity contribution in [3.8, 4) is 17.3 Å². The maximum absolute atomic E-state index is 13.5. The molecular formula is C27H19ClN4O7. The highest BCUT2D eigenvalue weighted by Crippen LogP contribution is 2.32. The number of rotatable bonds is 7. The van der Waals surface area contributed by atoms with Crippen LogP contribution in [-0.2, 0) is 9.53 Å². The van der Waals surface area contributed by atoms with E-state index < -0.39 is 28.2 Å². The van der Waals surface area contributed by atoms with E-state index in [4.69, 9.17) is 20.8 Å². The number of furan rings is 1. The molecule has 0 unspecified atom stereocenters. The summed E-state index contributed by atoms with van der Waals surface area (Å²) in [4.78, 5) is 41.1. The van der Waals surface area contributed by atoms with E-state index in [1.54, 1.807) is 48.5 Å². The predicted octanol–water partition coefficient (Wildman–Crippen LogP) is 5.19. The van der Waals surface area contributed by atoms with Gasteiger partial charge in [0.1, 0.15) is 5.58 Å². The van der Waals surface area contributed by atoms with Gasteiger partial charge in [0.05, 0.1) is 29.2 Å². The van der Waals surface area contributed by atoms with Crippen LogP contribution in [0, 0.1) is 10.1 Å². The van der Waals surface area contributed by atoms with Crippen molar-refractivity contribution >= 4 is 51.3 Å². The van der Waals surface area contributed by atoms with Crippen LogP contribution in [0.25, 0.3) is 33.5 Å². The molecule has 0 aliphatic rings. The lowest BCUT2D eigenvalue weighted by molar-refractivity contribution is -0.386. The van der Waals surface area contributed by atoms with Crippen molar-refractivity contribution < 1.29 is 23.6 Å². The number of para-hydroxylation sites is 2. The molecule has 196 valence electrons. The quantitative estimate of drug-likeness (QED) is 0.117. The van der Waals surface area contributed by atoms with Crippen molar-refractivity contribution in [1.82, 2.24) is 9.66 Å². The minimum absolute atomic E-state index is 0.0955. The summed E-state index contributed by atoms with van der Waals surface area (Å²) in [7, 11) is 1.18. The fourth-order valence-corrected chi connectivity index (χ4v) is 4.12. The second-order valence-corrected chi connectivity index (χ2v) is 8.78. The molecule has 12 heteroatoms. The Morgan fingerprint density at radius 2 is 1.97 bits per heavy atom. The van der Waals surface area contributed by atoms with Crippen LogP contribution in [0.5, 0.6) is 5.75 Å². The van der Waals surface area contributed by atoms with E-state index >= 15 is 0 Å². The minimum Gasteiger partial charge on any atom is -0.471 e. The maximum Gasteiger partial charge on any atom is 0.346 e. The number of hydrogen-bond donors (Lipinski definition) is 0. The Labute approximate surface area is 225 Å². The van der Waals surface area contributed by atoms with Gasteiger partial charge in [0.15, 0.2) is 11.9 Å². The zero-order chi connectivity index (χ0) is 27.7. The standard InChI is InChI=1S/C27H19ClN4O7/c1-15(27(34)37-2)38-24-16(6-5-9-21(24)32(35)36)14-29-31-25(30-20-8-4-3-7-19(20)26(31)33)23-13-17-12-18(28)10-11-22(17)39-23/h3-15H,1-2H3/t15-/m0/s1. The molecule has 5 rings (SSSR count). The first kappa shape index (κ1) is 25.6. The van der Waals surface area contributed by atoms with Crippen molar-refractivity contribution in [3.63, 3.8) is 0 Å². The zero-order valence-corrected chi connectivity index (χ0v) is 21.3. The first-order valence-electron chi connectivity index (χ1n) is 11.5. The molecule has 0 amide bonds. The van der Waals surface area contributed by atoms with Crippen LogP contribution in [0.2, 0.25) is 5.02 Å². The number of ether oxygens (including phenoxy) is 2. The van der Waals surface area contributed by atoms with Crippen LogP contribution in [0.15, 0.2) is 81.0 Å². The van der Waals surface area contributed by atoms with Gasteiger partial charge in [-0.3, -0.25) is 14.9 Å². The van der Waals surface area contributed by atoms with Crippen molar-refractivity contribution in [2.45, 2.75) is 13.0 Å². The smallest absolute Gasteiger partial charge is 0.346 e. The Kier molecular flexibility index (Phi) is 6.82. The molecule has 0 saturated heterocycles. The number of esters is 1. The molecule has 0 radical (unpaired) electrons. The molecule has 0 fully saturated rings. The third-order valence-corrected chi connectivity index (χ3v) is 6.05. The number of benzene rings is 3. The molecule has 0 saturated carbocycles. The second kappa shape index (κ2) is 10.4. The molecule has 0 aliphatic heterocycles. The Hall–Kier alpha value is -5.03. The lowest BCUT2D eigenvalue weighted by atomic mass is 10.2. The first-order valence-corrected chi connectivity index (χ1v) is 11.9. The third-order valence-electron chi connectivity index (χ3n) is 5.81. The van der Waals surface area contributed by atoms with Crippen LogP contribution >= 0.6 is 11.6 Å². The summed E-state index contributed by atoms with van der Waals surface area (Å²) in [6, 6.07) is 17.7. The van der Waals surface area contributed by atoms with Gasteiger partial charge in [-0.15, -0.1) is 0 Å². The Morgan fingerprint density at radius 1 is 1.18 bits per heavy atom. The van der Waals surface area contributed by atoms with Gasteiger partial charge in [0.25, 0.3) is 5.56 Å². The van der Waals surface area contributed by atoms with Gasteiger partial charge >= 0.3 is 11.7 Å². The molecule has 0 bridgehead atoms. The van der Waals surface area contributed by atoms with E-state index in [1.807, 2.05) is 0 Å². The molecular weight excluding hydrogens is 528 g/mol. The van der Waals surface area contributed by atoms with Gasteiger partial charge in [-0.05, 0) is 49.4 Å². The molecule has 2 heterocycles.